The number of nitrogens with zero attached hydrogens (tertiary/aromatic N) is 2. The van der Waals surface area contributed by atoms with Crippen LogP contribution >= 0.6 is 0 Å². The number of aliphatic carboxylic acids is 1. The number of amides is 2. The Morgan fingerprint density at radius 1 is 1.09 bits per heavy atom. The summed E-state index contributed by atoms with van der Waals surface area (Å²) in [4.78, 5) is 26.7. The van der Waals surface area contributed by atoms with E-state index in [9.17, 15) is 14.7 Å². The lowest BCUT2D eigenvalue weighted by molar-refractivity contribution is -0.137. The highest BCUT2D eigenvalue weighted by Gasteiger charge is 2.34. The van der Waals surface area contributed by atoms with Gasteiger partial charge in [0.05, 0.1) is 29.4 Å². The van der Waals surface area contributed by atoms with Crippen molar-refractivity contribution >= 4 is 29.1 Å². The van der Waals surface area contributed by atoms with Crippen LogP contribution in [-0.4, -0.2) is 30.2 Å². The summed E-state index contributed by atoms with van der Waals surface area (Å²) in [6.45, 7) is 6.32. The summed E-state index contributed by atoms with van der Waals surface area (Å²) in [6.07, 6.45) is 3.36. The lowest BCUT2D eigenvalue weighted by Crippen LogP contribution is -2.39. The van der Waals surface area contributed by atoms with E-state index < -0.39 is 5.97 Å². The fourth-order valence-electron chi connectivity index (χ4n) is 5.18. The van der Waals surface area contributed by atoms with Gasteiger partial charge in [0.25, 0.3) is 0 Å². The molecule has 0 bridgehead atoms. The molecule has 1 aliphatic heterocycles. The minimum absolute atomic E-state index is 0.0482. The average molecular weight is 461 g/mol. The molecule has 0 aromatic heterocycles. The molecular weight excluding hydrogens is 428 g/mol. The van der Waals surface area contributed by atoms with Gasteiger partial charge in [-0.05, 0) is 84.9 Å². The molecule has 3 unspecified atom stereocenters. The first-order valence-electron chi connectivity index (χ1n) is 12.0. The van der Waals surface area contributed by atoms with Crippen LogP contribution in [-0.2, 0) is 4.79 Å². The fraction of sp³-hybridized carbons (Fsp3) is 0.444. The maximum Gasteiger partial charge on any atom is 0.323 e. The van der Waals surface area contributed by atoms with E-state index in [0.29, 0.717) is 34.7 Å². The van der Waals surface area contributed by atoms with Crippen LogP contribution in [0.2, 0.25) is 0 Å². The van der Waals surface area contributed by atoms with E-state index in [-0.39, 0.29) is 18.4 Å². The standard InChI is InChI=1S/C27H32N4O3/c1-17-11-18(2)16-31(15-17)25-10-7-21(23(13-26(32)33)20-5-6-20)12-24(25)30-27(34)29-22-8-3-19(14-28)4-9-22/h3-4,7-10,12,17-18,20,23H,5-6,11,13,15-16H2,1-2H3,(H,32,33)(H2,29,30,34). The summed E-state index contributed by atoms with van der Waals surface area (Å²) in [6, 6.07) is 14.4. The summed E-state index contributed by atoms with van der Waals surface area (Å²) < 4.78 is 0. The van der Waals surface area contributed by atoms with Gasteiger partial charge in [0.2, 0.25) is 0 Å². The number of hydrogen-bond donors (Lipinski definition) is 3. The van der Waals surface area contributed by atoms with Crippen molar-refractivity contribution in [3.8, 4) is 6.07 Å². The number of carboxylic acids is 1. The lowest BCUT2D eigenvalue weighted by Gasteiger charge is -2.37. The minimum atomic E-state index is -0.798. The van der Waals surface area contributed by atoms with Gasteiger partial charge in [-0.2, -0.15) is 5.26 Å². The van der Waals surface area contributed by atoms with Crippen LogP contribution in [0.15, 0.2) is 42.5 Å². The molecule has 0 spiro atoms. The molecule has 1 aliphatic carbocycles. The number of benzene rings is 2. The number of piperidine rings is 1. The Morgan fingerprint density at radius 3 is 2.35 bits per heavy atom. The van der Waals surface area contributed by atoms with Crippen molar-refractivity contribution in [2.75, 3.05) is 28.6 Å². The summed E-state index contributed by atoms with van der Waals surface area (Å²) in [5, 5.41) is 24.3. The molecule has 178 valence electrons. The molecule has 2 fully saturated rings. The van der Waals surface area contributed by atoms with E-state index in [1.165, 1.54) is 6.42 Å². The molecule has 2 aromatic rings. The average Bonchev–Trinajstić information content (AvgIpc) is 3.62. The third kappa shape index (κ3) is 5.88. The zero-order valence-corrected chi connectivity index (χ0v) is 19.8. The van der Waals surface area contributed by atoms with Crippen LogP contribution in [0.4, 0.5) is 21.9 Å². The fourth-order valence-corrected chi connectivity index (χ4v) is 5.18. The van der Waals surface area contributed by atoms with Crippen molar-refractivity contribution in [3.05, 3.63) is 53.6 Å². The van der Waals surface area contributed by atoms with Crippen molar-refractivity contribution in [2.24, 2.45) is 17.8 Å². The Morgan fingerprint density at radius 2 is 1.76 bits per heavy atom. The van der Waals surface area contributed by atoms with Gasteiger partial charge in [-0.15, -0.1) is 0 Å². The predicted molar refractivity (Wildman–Crippen MR) is 133 cm³/mol. The third-order valence-electron chi connectivity index (χ3n) is 6.76. The van der Waals surface area contributed by atoms with Gasteiger partial charge < -0.3 is 20.6 Å². The zero-order chi connectivity index (χ0) is 24.2. The van der Waals surface area contributed by atoms with Crippen molar-refractivity contribution in [2.45, 2.75) is 45.4 Å². The summed E-state index contributed by atoms with van der Waals surface area (Å²) >= 11 is 0. The number of urea groups is 1. The summed E-state index contributed by atoms with van der Waals surface area (Å²) in [7, 11) is 0. The van der Waals surface area contributed by atoms with E-state index in [1.54, 1.807) is 24.3 Å². The third-order valence-corrected chi connectivity index (χ3v) is 6.76. The number of hydrogen-bond acceptors (Lipinski definition) is 4. The van der Waals surface area contributed by atoms with Crippen LogP contribution in [0, 0.1) is 29.1 Å². The van der Waals surface area contributed by atoms with E-state index >= 15 is 0 Å². The monoisotopic (exact) mass is 460 g/mol. The van der Waals surface area contributed by atoms with E-state index in [0.717, 1.165) is 37.2 Å². The van der Waals surface area contributed by atoms with Crippen LogP contribution in [0.1, 0.15) is 56.6 Å². The maximum absolute atomic E-state index is 12.9. The first kappa shape index (κ1) is 23.6. The second-order valence-corrected chi connectivity index (χ2v) is 9.94. The second kappa shape index (κ2) is 10.2. The molecule has 4 rings (SSSR count). The van der Waals surface area contributed by atoms with Crippen LogP contribution in [0.25, 0.3) is 0 Å². The molecular formula is C27H32N4O3. The highest BCUT2D eigenvalue weighted by molar-refractivity contribution is 6.02. The topological polar surface area (TPSA) is 105 Å². The molecule has 0 radical (unpaired) electrons. The Labute approximate surface area is 200 Å². The number of rotatable bonds is 7. The smallest absolute Gasteiger partial charge is 0.323 e. The molecule has 1 heterocycles. The summed E-state index contributed by atoms with van der Waals surface area (Å²) in [5.41, 5.74) is 3.73. The number of carboxylic acid groups (broad SMARTS) is 1. The SMILES string of the molecule is CC1CC(C)CN(c2ccc(C(CC(=O)O)C3CC3)cc2NC(=O)Nc2ccc(C#N)cc2)C1. The maximum atomic E-state index is 12.9. The van der Waals surface area contributed by atoms with Crippen molar-refractivity contribution < 1.29 is 14.7 Å². The van der Waals surface area contributed by atoms with Gasteiger partial charge in [-0.25, -0.2) is 4.79 Å². The second-order valence-electron chi connectivity index (χ2n) is 9.94. The number of nitrogens with one attached hydrogen (secondary N) is 2. The highest BCUT2D eigenvalue weighted by atomic mass is 16.4. The van der Waals surface area contributed by atoms with Gasteiger partial charge in [-0.1, -0.05) is 19.9 Å². The number of nitriles is 1. The first-order chi connectivity index (χ1) is 16.3. The van der Waals surface area contributed by atoms with Crippen LogP contribution < -0.4 is 15.5 Å². The molecule has 2 aromatic carbocycles. The number of carbonyl (C=O) groups excluding carboxylic acids is 1. The van der Waals surface area contributed by atoms with Gasteiger partial charge in [0.15, 0.2) is 0 Å². The van der Waals surface area contributed by atoms with Crippen molar-refractivity contribution in [1.29, 1.82) is 5.26 Å². The van der Waals surface area contributed by atoms with E-state index in [1.807, 2.05) is 18.2 Å². The molecule has 7 heteroatoms. The quantitative estimate of drug-likeness (QED) is 0.495. The largest absolute Gasteiger partial charge is 0.481 e. The minimum Gasteiger partial charge on any atom is -0.481 e. The Balaban J connectivity index is 1.61. The molecule has 3 N–H and O–H groups in total. The molecule has 34 heavy (non-hydrogen) atoms. The van der Waals surface area contributed by atoms with E-state index in [2.05, 4.69) is 35.5 Å². The molecule has 2 aliphatic rings. The Kier molecular flexibility index (Phi) is 7.06. The summed E-state index contributed by atoms with van der Waals surface area (Å²) in [5.74, 6) is 0.642. The van der Waals surface area contributed by atoms with Gasteiger partial charge >= 0.3 is 12.0 Å². The molecule has 7 nitrogen and oxygen atoms in total. The molecule has 1 saturated heterocycles. The lowest BCUT2D eigenvalue weighted by atomic mass is 9.89. The van der Waals surface area contributed by atoms with Crippen LogP contribution in [0.5, 0.6) is 0 Å². The predicted octanol–water partition coefficient (Wildman–Crippen LogP) is 5.65. The Hall–Kier alpha value is -3.53. The van der Waals surface area contributed by atoms with Gasteiger partial charge in [0.1, 0.15) is 0 Å². The number of anilines is 3. The molecule has 2 amide bonds. The van der Waals surface area contributed by atoms with Crippen LogP contribution in [0.3, 0.4) is 0 Å². The normalized spacial score (nSPS) is 20.8. The number of carbonyl (C=O) groups is 2. The molecule has 1 saturated carbocycles. The van der Waals surface area contributed by atoms with Crippen molar-refractivity contribution in [1.82, 2.24) is 0 Å². The van der Waals surface area contributed by atoms with E-state index in [4.69, 9.17) is 5.26 Å². The first-order valence-corrected chi connectivity index (χ1v) is 12.0. The van der Waals surface area contributed by atoms with Gasteiger partial charge in [-0.3, -0.25) is 4.79 Å². The van der Waals surface area contributed by atoms with Crippen molar-refractivity contribution in [3.63, 3.8) is 0 Å². The van der Waals surface area contributed by atoms with Gasteiger partial charge in [0, 0.05) is 18.8 Å². The Bertz CT molecular complexity index is 1080. The molecule has 3 atom stereocenters. The zero-order valence-electron chi connectivity index (χ0n) is 19.8. The highest BCUT2D eigenvalue weighted by Crippen LogP contribution is 2.46.